The maximum absolute atomic E-state index is 13.9. The van der Waals surface area contributed by atoms with E-state index in [9.17, 15) is 9.18 Å². The number of halogens is 1. The van der Waals surface area contributed by atoms with Crippen LogP contribution in [-0.4, -0.2) is 33.0 Å². The first-order chi connectivity index (χ1) is 11.6. The fourth-order valence-corrected chi connectivity index (χ4v) is 3.02. The molecule has 1 N–H and O–H groups in total. The third-order valence-corrected chi connectivity index (χ3v) is 4.65. The van der Waals surface area contributed by atoms with Gasteiger partial charge >= 0.3 is 0 Å². The average molecular weight is 350 g/mol. The standard InChI is InChI=1S/C17H23FN4OS/c1-3-4-5-8-11-19-15(23)12-24-17-21-20-16(22(17)2)13-9-6-7-10-14(13)18/h6-7,9-10H,3-5,8,11-12H2,1-2H3,(H,19,23). The molecule has 0 bridgehead atoms. The van der Waals surface area contributed by atoms with E-state index < -0.39 is 0 Å². The molecule has 1 aromatic carbocycles. The Morgan fingerprint density at radius 2 is 2.04 bits per heavy atom. The number of hydrogen-bond donors (Lipinski definition) is 1. The second kappa shape index (κ2) is 9.42. The molecule has 0 saturated heterocycles. The number of carbonyl (C=O) groups is 1. The summed E-state index contributed by atoms with van der Waals surface area (Å²) in [6, 6.07) is 6.45. The minimum atomic E-state index is -0.339. The fourth-order valence-electron chi connectivity index (χ4n) is 2.28. The van der Waals surface area contributed by atoms with E-state index in [0.29, 0.717) is 23.1 Å². The van der Waals surface area contributed by atoms with Crippen molar-refractivity contribution in [1.82, 2.24) is 20.1 Å². The second-order valence-corrected chi connectivity index (χ2v) is 6.49. The Morgan fingerprint density at radius 1 is 1.25 bits per heavy atom. The molecule has 5 nitrogen and oxygen atoms in total. The zero-order valence-electron chi connectivity index (χ0n) is 14.1. The van der Waals surface area contributed by atoms with Gasteiger partial charge < -0.3 is 9.88 Å². The largest absolute Gasteiger partial charge is 0.355 e. The van der Waals surface area contributed by atoms with E-state index >= 15 is 0 Å². The quantitative estimate of drug-likeness (QED) is 0.556. The number of hydrogen-bond acceptors (Lipinski definition) is 4. The molecule has 0 radical (unpaired) electrons. The SMILES string of the molecule is CCCCCCNC(=O)CSc1nnc(-c2ccccc2F)n1C. The Morgan fingerprint density at radius 3 is 2.79 bits per heavy atom. The first-order valence-corrected chi connectivity index (χ1v) is 9.15. The van der Waals surface area contributed by atoms with Crippen molar-refractivity contribution in [3.63, 3.8) is 0 Å². The summed E-state index contributed by atoms with van der Waals surface area (Å²) >= 11 is 1.30. The number of nitrogens with one attached hydrogen (secondary N) is 1. The first kappa shape index (κ1) is 18.4. The van der Waals surface area contributed by atoms with Crippen LogP contribution in [0.3, 0.4) is 0 Å². The van der Waals surface area contributed by atoms with Crippen molar-refractivity contribution in [2.24, 2.45) is 7.05 Å². The molecule has 0 atom stereocenters. The lowest BCUT2D eigenvalue weighted by molar-refractivity contribution is -0.118. The molecular formula is C17H23FN4OS. The highest BCUT2D eigenvalue weighted by Gasteiger charge is 2.15. The normalized spacial score (nSPS) is 10.8. The molecule has 0 aliphatic heterocycles. The monoisotopic (exact) mass is 350 g/mol. The van der Waals surface area contributed by atoms with Crippen molar-refractivity contribution in [1.29, 1.82) is 0 Å². The molecule has 1 amide bonds. The summed E-state index contributed by atoms with van der Waals surface area (Å²) in [4.78, 5) is 11.8. The van der Waals surface area contributed by atoms with Crippen LogP contribution < -0.4 is 5.32 Å². The fraction of sp³-hybridized carbons (Fsp3) is 0.471. The van der Waals surface area contributed by atoms with Gasteiger partial charge in [-0.25, -0.2) is 4.39 Å². The van der Waals surface area contributed by atoms with Gasteiger partial charge in [0.15, 0.2) is 11.0 Å². The summed E-state index contributed by atoms with van der Waals surface area (Å²) in [5.74, 6) is 0.369. The van der Waals surface area contributed by atoms with Crippen LogP contribution in [0.15, 0.2) is 29.4 Å². The highest BCUT2D eigenvalue weighted by Crippen LogP contribution is 2.24. The molecule has 1 aromatic heterocycles. The summed E-state index contributed by atoms with van der Waals surface area (Å²) in [5, 5.41) is 11.6. The number of rotatable bonds is 9. The molecule has 0 spiro atoms. The third-order valence-electron chi connectivity index (χ3n) is 3.63. The zero-order chi connectivity index (χ0) is 17.4. The number of aromatic nitrogens is 3. The van der Waals surface area contributed by atoms with E-state index in [1.165, 1.54) is 30.7 Å². The van der Waals surface area contributed by atoms with Gasteiger partial charge in [-0.05, 0) is 18.6 Å². The van der Waals surface area contributed by atoms with Crippen LogP contribution in [0.1, 0.15) is 32.6 Å². The minimum Gasteiger partial charge on any atom is -0.355 e. The summed E-state index contributed by atoms with van der Waals surface area (Å²) in [5.41, 5.74) is 0.403. The highest BCUT2D eigenvalue weighted by molar-refractivity contribution is 7.99. The second-order valence-electron chi connectivity index (χ2n) is 5.54. The maximum Gasteiger partial charge on any atom is 0.230 e. The van der Waals surface area contributed by atoms with E-state index in [2.05, 4.69) is 22.4 Å². The molecule has 2 aromatic rings. The van der Waals surface area contributed by atoms with Crippen molar-refractivity contribution in [2.75, 3.05) is 12.3 Å². The topological polar surface area (TPSA) is 59.8 Å². The first-order valence-electron chi connectivity index (χ1n) is 8.17. The van der Waals surface area contributed by atoms with Crippen LogP contribution in [-0.2, 0) is 11.8 Å². The van der Waals surface area contributed by atoms with Crippen LogP contribution in [0, 0.1) is 5.82 Å². The highest BCUT2D eigenvalue weighted by atomic mass is 32.2. The van der Waals surface area contributed by atoms with Crippen LogP contribution in [0.4, 0.5) is 4.39 Å². The van der Waals surface area contributed by atoms with E-state index in [1.807, 2.05) is 0 Å². The Labute approximate surface area is 146 Å². The van der Waals surface area contributed by atoms with Gasteiger partial charge in [0.05, 0.1) is 11.3 Å². The molecule has 0 aliphatic rings. The lowest BCUT2D eigenvalue weighted by Gasteiger charge is -2.06. The number of benzene rings is 1. The van der Waals surface area contributed by atoms with Gasteiger partial charge in [0.1, 0.15) is 5.82 Å². The van der Waals surface area contributed by atoms with Gasteiger partial charge in [-0.15, -0.1) is 10.2 Å². The van der Waals surface area contributed by atoms with Gasteiger partial charge in [-0.3, -0.25) is 4.79 Å². The predicted molar refractivity (Wildman–Crippen MR) is 94.3 cm³/mol. The molecule has 1 heterocycles. The van der Waals surface area contributed by atoms with Crippen molar-refractivity contribution in [3.05, 3.63) is 30.1 Å². The summed E-state index contributed by atoms with van der Waals surface area (Å²) < 4.78 is 15.6. The molecule has 24 heavy (non-hydrogen) atoms. The van der Waals surface area contributed by atoms with Crippen molar-refractivity contribution in [2.45, 2.75) is 37.8 Å². The van der Waals surface area contributed by atoms with Crippen LogP contribution in [0.25, 0.3) is 11.4 Å². The minimum absolute atomic E-state index is 0.0214. The average Bonchev–Trinajstić information content (AvgIpc) is 2.94. The van der Waals surface area contributed by atoms with Crippen LogP contribution >= 0.6 is 11.8 Å². The van der Waals surface area contributed by atoms with Gasteiger partial charge in [0.25, 0.3) is 0 Å². The Kier molecular flexibility index (Phi) is 7.24. The van der Waals surface area contributed by atoms with E-state index in [0.717, 1.165) is 12.8 Å². The molecule has 130 valence electrons. The number of unbranched alkanes of at least 4 members (excludes halogenated alkanes) is 3. The summed E-state index contributed by atoms with van der Waals surface area (Å²) in [6.45, 7) is 2.87. The lowest BCUT2D eigenvalue weighted by atomic mass is 10.2. The molecule has 0 fully saturated rings. The summed E-state index contributed by atoms with van der Waals surface area (Å²) in [6.07, 6.45) is 4.52. The maximum atomic E-state index is 13.9. The smallest absolute Gasteiger partial charge is 0.230 e. The molecule has 7 heteroatoms. The molecule has 0 unspecified atom stereocenters. The lowest BCUT2D eigenvalue weighted by Crippen LogP contribution is -2.26. The van der Waals surface area contributed by atoms with E-state index in [1.54, 1.807) is 29.8 Å². The molecule has 0 saturated carbocycles. The van der Waals surface area contributed by atoms with E-state index in [4.69, 9.17) is 0 Å². The van der Waals surface area contributed by atoms with E-state index in [-0.39, 0.29) is 17.5 Å². The number of thioether (sulfide) groups is 1. The zero-order valence-corrected chi connectivity index (χ0v) is 14.9. The van der Waals surface area contributed by atoms with Gasteiger partial charge in [-0.1, -0.05) is 50.1 Å². The summed E-state index contributed by atoms with van der Waals surface area (Å²) in [7, 11) is 1.77. The Bertz CT molecular complexity index is 674. The van der Waals surface area contributed by atoms with Gasteiger partial charge in [0, 0.05) is 13.6 Å². The van der Waals surface area contributed by atoms with Crippen molar-refractivity contribution < 1.29 is 9.18 Å². The number of carbonyl (C=O) groups excluding carboxylic acids is 1. The third kappa shape index (κ3) is 5.06. The number of nitrogens with zero attached hydrogens (tertiary/aromatic N) is 3. The predicted octanol–water partition coefficient (Wildman–Crippen LogP) is 3.41. The van der Waals surface area contributed by atoms with Gasteiger partial charge in [0.2, 0.25) is 5.91 Å². The Hall–Kier alpha value is -1.89. The van der Waals surface area contributed by atoms with Crippen molar-refractivity contribution in [3.8, 4) is 11.4 Å². The number of amides is 1. The molecular weight excluding hydrogens is 327 g/mol. The van der Waals surface area contributed by atoms with Crippen LogP contribution in [0.2, 0.25) is 0 Å². The van der Waals surface area contributed by atoms with Crippen molar-refractivity contribution >= 4 is 17.7 Å². The Balaban J connectivity index is 1.86. The van der Waals surface area contributed by atoms with Gasteiger partial charge in [-0.2, -0.15) is 0 Å². The molecule has 2 rings (SSSR count). The van der Waals surface area contributed by atoms with Crippen LogP contribution in [0.5, 0.6) is 0 Å². The molecule has 0 aliphatic carbocycles.